The van der Waals surface area contributed by atoms with Crippen LogP contribution in [0.3, 0.4) is 0 Å². The van der Waals surface area contributed by atoms with Gasteiger partial charge in [-0.2, -0.15) is 0 Å². The van der Waals surface area contributed by atoms with Gasteiger partial charge in [-0.05, 0) is 35.9 Å². The molecule has 136 valence electrons. The Morgan fingerprint density at radius 1 is 1.19 bits per heavy atom. The van der Waals surface area contributed by atoms with Crippen LogP contribution in [0.5, 0.6) is 5.75 Å². The highest BCUT2D eigenvalue weighted by Gasteiger charge is 2.13. The van der Waals surface area contributed by atoms with Crippen molar-refractivity contribution in [1.82, 2.24) is 0 Å². The summed E-state index contributed by atoms with van der Waals surface area (Å²) < 4.78 is 10.2. The number of rotatable bonds is 6. The summed E-state index contributed by atoms with van der Waals surface area (Å²) in [5.41, 5.74) is 7.56. The molecule has 0 aliphatic heterocycles. The van der Waals surface area contributed by atoms with E-state index >= 15 is 0 Å². The van der Waals surface area contributed by atoms with E-state index in [1.165, 1.54) is 6.26 Å². The molecule has 1 aromatic carbocycles. The maximum Gasteiger partial charge on any atom is 0.291 e. The van der Waals surface area contributed by atoms with Gasteiger partial charge in [0.15, 0.2) is 5.76 Å². The molecule has 0 aliphatic carbocycles. The molecule has 3 aromatic rings. The average molecular weight is 375 g/mol. The molecule has 5 N–H and O–H groups in total. The molecular weight excluding hydrogens is 356 g/mol. The molecule has 0 fully saturated rings. The van der Waals surface area contributed by atoms with E-state index in [2.05, 4.69) is 15.6 Å². The number of anilines is 3. The largest absolute Gasteiger partial charge is 1.00 e. The summed E-state index contributed by atoms with van der Waals surface area (Å²) in [5, 5.41) is 5.94. The van der Waals surface area contributed by atoms with Crippen LogP contribution in [0.2, 0.25) is 0 Å². The molecule has 26 heavy (non-hydrogen) atoms. The van der Waals surface area contributed by atoms with Crippen molar-refractivity contribution in [2.45, 2.75) is 6.54 Å². The van der Waals surface area contributed by atoms with Crippen LogP contribution >= 0.6 is 0 Å². The maximum atomic E-state index is 12.0. The highest BCUT2D eigenvalue weighted by Crippen LogP contribution is 2.17. The third kappa shape index (κ3) is 4.67. The SMILES string of the molecule is COc1ccc(CNc2ccc(NC(=O)c3ccco3)c(N)[nH+]2)cc1.[Cl-]. The van der Waals surface area contributed by atoms with E-state index in [-0.39, 0.29) is 24.1 Å². The number of aromatic amines is 1. The number of hydrogen-bond donors (Lipinski definition) is 3. The van der Waals surface area contributed by atoms with Crippen molar-refractivity contribution in [3.05, 3.63) is 66.1 Å². The molecule has 0 atom stereocenters. The molecule has 0 aliphatic rings. The van der Waals surface area contributed by atoms with Gasteiger partial charge in [0.2, 0.25) is 11.6 Å². The first-order chi connectivity index (χ1) is 12.2. The van der Waals surface area contributed by atoms with E-state index in [0.717, 1.165) is 17.1 Å². The van der Waals surface area contributed by atoms with Crippen molar-refractivity contribution in [2.75, 3.05) is 23.5 Å². The molecule has 0 bridgehead atoms. The monoisotopic (exact) mass is 374 g/mol. The number of ether oxygens (including phenoxy) is 1. The van der Waals surface area contributed by atoms with Crippen molar-refractivity contribution in [3.63, 3.8) is 0 Å². The van der Waals surface area contributed by atoms with Crippen LogP contribution in [0.25, 0.3) is 0 Å². The number of aromatic nitrogens is 1. The van der Waals surface area contributed by atoms with Crippen molar-refractivity contribution in [2.24, 2.45) is 0 Å². The Balaban J connectivity index is 0.00000243. The Morgan fingerprint density at radius 2 is 1.96 bits per heavy atom. The van der Waals surface area contributed by atoms with Crippen molar-refractivity contribution >= 4 is 23.2 Å². The molecule has 0 radical (unpaired) electrons. The molecule has 2 heterocycles. The van der Waals surface area contributed by atoms with E-state index in [0.29, 0.717) is 18.1 Å². The number of nitrogens with one attached hydrogen (secondary N) is 3. The average Bonchev–Trinajstić information content (AvgIpc) is 3.17. The second-order valence-electron chi connectivity index (χ2n) is 5.33. The lowest BCUT2D eigenvalue weighted by Crippen LogP contribution is -3.00. The third-order valence-corrected chi connectivity index (χ3v) is 3.61. The van der Waals surface area contributed by atoms with Gasteiger partial charge in [-0.25, -0.2) is 4.98 Å². The number of pyridine rings is 1. The van der Waals surface area contributed by atoms with E-state index in [1.807, 2.05) is 24.3 Å². The second kappa shape index (κ2) is 8.77. The van der Waals surface area contributed by atoms with E-state index in [9.17, 15) is 4.79 Å². The number of carbonyl (C=O) groups is 1. The summed E-state index contributed by atoms with van der Waals surface area (Å²) in [6.07, 6.45) is 1.44. The molecule has 0 unspecified atom stereocenters. The molecule has 0 saturated carbocycles. The normalized spacial score (nSPS) is 9.88. The molecule has 0 saturated heterocycles. The summed E-state index contributed by atoms with van der Waals surface area (Å²) in [7, 11) is 1.64. The molecule has 3 rings (SSSR count). The Kier molecular flexibility index (Phi) is 6.46. The van der Waals surface area contributed by atoms with Gasteiger partial charge >= 0.3 is 0 Å². The van der Waals surface area contributed by atoms with Crippen molar-refractivity contribution in [1.29, 1.82) is 0 Å². The first-order valence-corrected chi connectivity index (χ1v) is 7.69. The summed E-state index contributed by atoms with van der Waals surface area (Å²) >= 11 is 0. The minimum atomic E-state index is -0.357. The molecular formula is C18H19ClN4O3. The van der Waals surface area contributed by atoms with Gasteiger partial charge < -0.3 is 37.9 Å². The molecule has 7 nitrogen and oxygen atoms in total. The molecule has 1 amide bonds. The lowest BCUT2D eigenvalue weighted by molar-refractivity contribution is -0.342. The summed E-state index contributed by atoms with van der Waals surface area (Å²) in [4.78, 5) is 15.0. The highest BCUT2D eigenvalue weighted by atomic mass is 35.5. The number of carbonyl (C=O) groups excluding carboxylic acids is 1. The van der Waals surface area contributed by atoms with E-state index < -0.39 is 0 Å². The Hall–Kier alpha value is -3.19. The van der Waals surface area contributed by atoms with Crippen LogP contribution < -0.4 is 38.5 Å². The number of halogens is 1. The van der Waals surface area contributed by atoms with E-state index in [1.54, 1.807) is 31.4 Å². The number of amides is 1. The predicted molar refractivity (Wildman–Crippen MR) is 94.4 cm³/mol. The maximum absolute atomic E-state index is 12.0. The smallest absolute Gasteiger partial charge is 0.291 e. The lowest BCUT2D eigenvalue weighted by atomic mass is 10.2. The topological polar surface area (TPSA) is 104 Å². The van der Waals surface area contributed by atoms with Crippen LogP contribution in [0.15, 0.2) is 59.2 Å². The molecule has 8 heteroatoms. The van der Waals surface area contributed by atoms with Gasteiger partial charge in [0.05, 0.1) is 19.9 Å². The molecule has 2 aromatic heterocycles. The fourth-order valence-electron chi connectivity index (χ4n) is 2.25. The Bertz CT molecular complexity index is 851. The predicted octanol–water partition coefficient (Wildman–Crippen LogP) is -0.447. The zero-order valence-corrected chi connectivity index (χ0v) is 14.8. The summed E-state index contributed by atoms with van der Waals surface area (Å²) in [6, 6.07) is 14.5. The standard InChI is InChI=1S/C18H18N4O3.ClH/c1-24-13-6-4-12(5-7-13)11-20-16-9-8-14(17(19)22-16)21-18(23)15-3-2-10-25-15;/h2-10H,11H2,1H3,(H,21,23)(H3,19,20,22);1H. The first kappa shape index (κ1) is 19.1. The van der Waals surface area contributed by atoms with Crippen molar-refractivity contribution in [3.8, 4) is 5.75 Å². The Morgan fingerprint density at radius 3 is 2.58 bits per heavy atom. The zero-order valence-electron chi connectivity index (χ0n) is 14.1. The third-order valence-electron chi connectivity index (χ3n) is 3.61. The Labute approximate surface area is 157 Å². The number of benzene rings is 1. The van der Waals surface area contributed by atoms with Gasteiger partial charge in [0, 0.05) is 6.07 Å². The fourth-order valence-corrected chi connectivity index (χ4v) is 2.25. The van der Waals surface area contributed by atoms with Gasteiger partial charge in [-0.15, -0.1) is 0 Å². The zero-order chi connectivity index (χ0) is 17.6. The van der Waals surface area contributed by atoms with Gasteiger partial charge in [-0.3, -0.25) is 4.79 Å². The highest BCUT2D eigenvalue weighted by molar-refractivity contribution is 6.03. The van der Waals surface area contributed by atoms with Crippen LogP contribution in [-0.2, 0) is 6.54 Å². The number of nitrogens with two attached hydrogens (primary N) is 1. The number of H-pyrrole nitrogens is 1. The number of methoxy groups -OCH3 is 1. The van der Waals surface area contributed by atoms with Crippen LogP contribution in [0.4, 0.5) is 17.3 Å². The summed E-state index contributed by atoms with van der Waals surface area (Å²) in [6.45, 7) is 0.623. The summed E-state index contributed by atoms with van der Waals surface area (Å²) in [5.74, 6) is 1.77. The van der Waals surface area contributed by atoms with Crippen LogP contribution in [-0.4, -0.2) is 13.0 Å². The lowest BCUT2D eigenvalue weighted by Gasteiger charge is -2.07. The number of hydrogen-bond acceptors (Lipinski definition) is 5. The fraction of sp³-hybridized carbons (Fsp3) is 0.111. The first-order valence-electron chi connectivity index (χ1n) is 7.69. The minimum absolute atomic E-state index is 0. The quantitative estimate of drug-likeness (QED) is 0.542. The minimum Gasteiger partial charge on any atom is -1.00 e. The van der Waals surface area contributed by atoms with E-state index in [4.69, 9.17) is 14.9 Å². The van der Waals surface area contributed by atoms with Crippen LogP contribution in [0, 0.1) is 0 Å². The van der Waals surface area contributed by atoms with Gasteiger partial charge in [0.25, 0.3) is 5.91 Å². The van der Waals surface area contributed by atoms with Crippen LogP contribution in [0.1, 0.15) is 16.1 Å². The number of furan rings is 1. The number of nitrogen functional groups attached to an aromatic ring is 1. The second-order valence-corrected chi connectivity index (χ2v) is 5.33. The molecule has 0 spiro atoms. The van der Waals surface area contributed by atoms with Crippen molar-refractivity contribution < 1.29 is 31.3 Å². The van der Waals surface area contributed by atoms with Gasteiger partial charge in [-0.1, -0.05) is 12.1 Å². The van der Waals surface area contributed by atoms with Gasteiger partial charge in [0.1, 0.15) is 11.4 Å².